The molecule has 5 nitrogen and oxygen atoms in total. The van der Waals surface area contributed by atoms with Gasteiger partial charge in [-0.1, -0.05) is 30.3 Å². The first-order valence-electron chi connectivity index (χ1n) is 6.31. The van der Waals surface area contributed by atoms with Crippen LogP contribution in [0.15, 0.2) is 30.3 Å². The molecule has 2 N–H and O–H groups in total. The molecule has 0 fully saturated rings. The van der Waals surface area contributed by atoms with Crippen LogP contribution in [0.2, 0.25) is 0 Å². The number of urea groups is 1. The van der Waals surface area contributed by atoms with Crippen molar-refractivity contribution in [3.63, 3.8) is 0 Å². The molecule has 0 radical (unpaired) electrons. The van der Waals surface area contributed by atoms with Crippen LogP contribution >= 0.6 is 0 Å². The molecule has 0 aliphatic carbocycles. The molecule has 0 unspecified atom stereocenters. The minimum atomic E-state index is -0.901. The van der Waals surface area contributed by atoms with Crippen LogP contribution in [0, 0.1) is 0 Å². The first-order chi connectivity index (χ1) is 9.00. The molecule has 0 atom stereocenters. The fraction of sp³-hybridized carbons (Fsp3) is 0.429. The molecule has 2 amide bonds. The van der Waals surface area contributed by atoms with E-state index >= 15 is 0 Å². The Labute approximate surface area is 113 Å². The maximum absolute atomic E-state index is 12.0. The van der Waals surface area contributed by atoms with Gasteiger partial charge in [0, 0.05) is 19.1 Å². The van der Waals surface area contributed by atoms with Crippen LogP contribution in [0.4, 0.5) is 4.79 Å². The Balaban J connectivity index is 2.50. The Morgan fingerprint density at radius 2 is 1.89 bits per heavy atom. The summed E-state index contributed by atoms with van der Waals surface area (Å²) in [7, 11) is 0. The summed E-state index contributed by atoms with van der Waals surface area (Å²) in [4.78, 5) is 24.1. The van der Waals surface area contributed by atoms with E-state index in [1.165, 1.54) is 4.90 Å². The standard InChI is InChI=1S/C14H20N2O3/c1-11(2)16(9-8-13(17)18)14(19)15-10-12-6-4-3-5-7-12/h3-7,11H,8-10H2,1-2H3,(H,15,19)(H,17,18). The molecule has 0 heterocycles. The summed E-state index contributed by atoms with van der Waals surface area (Å²) in [5, 5.41) is 11.5. The average molecular weight is 264 g/mol. The first kappa shape index (κ1) is 15.0. The number of amides is 2. The lowest BCUT2D eigenvalue weighted by Crippen LogP contribution is -2.44. The molecule has 0 bridgehead atoms. The van der Waals surface area contributed by atoms with Crippen LogP contribution in [0.5, 0.6) is 0 Å². The number of nitrogens with one attached hydrogen (secondary N) is 1. The van der Waals surface area contributed by atoms with Crippen molar-refractivity contribution in [2.24, 2.45) is 0 Å². The van der Waals surface area contributed by atoms with Crippen LogP contribution in [-0.4, -0.2) is 34.6 Å². The van der Waals surface area contributed by atoms with E-state index in [9.17, 15) is 9.59 Å². The molecule has 0 saturated heterocycles. The Morgan fingerprint density at radius 1 is 1.26 bits per heavy atom. The number of aliphatic carboxylic acids is 1. The zero-order chi connectivity index (χ0) is 14.3. The van der Waals surface area contributed by atoms with Crippen LogP contribution in [0.25, 0.3) is 0 Å². The summed E-state index contributed by atoms with van der Waals surface area (Å²) in [5.41, 5.74) is 1.01. The van der Waals surface area contributed by atoms with E-state index in [1.54, 1.807) is 0 Å². The third-order valence-electron chi connectivity index (χ3n) is 2.74. The number of benzene rings is 1. The van der Waals surface area contributed by atoms with Gasteiger partial charge >= 0.3 is 12.0 Å². The monoisotopic (exact) mass is 264 g/mol. The van der Waals surface area contributed by atoms with E-state index in [-0.39, 0.29) is 25.0 Å². The summed E-state index contributed by atoms with van der Waals surface area (Å²) in [6.07, 6.45) is -0.0447. The van der Waals surface area contributed by atoms with Crippen LogP contribution in [0.1, 0.15) is 25.8 Å². The second-order valence-corrected chi connectivity index (χ2v) is 4.58. The molecule has 1 aromatic rings. The Morgan fingerprint density at radius 3 is 2.42 bits per heavy atom. The predicted octanol–water partition coefficient (Wildman–Crippen LogP) is 2.08. The van der Waals surface area contributed by atoms with E-state index in [0.717, 1.165) is 5.56 Å². The summed E-state index contributed by atoms with van der Waals surface area (Å²) in [6.45, 7) is 4.39. The van der Waals surface area contributed by atoms with Crippen molar-refractivity contribution in [1.29, 1.82) is 0 Å². The number of nitrogens with zero attached hydrogens (tertiary/aromatic N) is 1. The van der Waals surface area contributed by atoms with Gasteiger partial charge in [-0.3, -0.25) is 4.79 Å². The van der Waals surface area contributed by atoms with E-state index in [1.807, 2.05) is 44.2 Å². The number of carboxylic acids is 1. The minimum Gasteiger partial charge on any atom is -0.481 e. The van der Waals surface area contributed by atoms with E-state index in [0.29, 0.717) is 6.54 Å². The predicted molar refractivity (Wildman–Crippen MR) is 72.8 cm³/mol. The van der Waals surface area contributed by atoms with Crippen molar-refractivity contribution in [2.75, 3.05) is 6.54 Å². The second kappa shape index (κ2) is 7.41. The first-order valence-corrected chi connectivity index (χ1v) is 6.31. The summed E-state index contributed by atoms with van der Waals surface area (Å²) >= 11 is 0. The Kier molecular flexibility index (Phi) is 5.85. The highest BCUT2D eigenvalue weighted by atomic mass is 16.4. The number of hydrogen-bond donors (Lipinski definition) is 2. The molecule has 0 saturated carbocycles. The normalized spacial score (nSPS) is 10.3. The fourth-order valence-electron chi connectivity index (χ4n) is 1.69. The zero-order valence-corrected chi connectivity index (χ0v) is 11.3. The lowest BCUT2D eigenvalue weighted by molar-refractivity contribution is -0.137. The highest BCUT2D eigenvalue weighted by molar-refractivity contribution is 5.75. The van der Waals surface area contributed by atoms with Crippen molar-refractivity contribution in [3.05, 3.63) is 35.9 Å². The number of rotatable bonds is 6. The number of carbonyl (C=O) groups excluding carboxylic acids is 1. The largest absolute Gasteiger partial charge is 0.481 e. The van der Waals surface area contributed by atoms with Gasteiger partial charge in [0.15, 0.2) is 0 Å². The topological polar surface area (TPSA) is 69.6 Å². The molecular formula is C14H20N2O3. The van der Waals surface area contributed by atoms with Gasteiger partial charge in [0.05, 0.1) is 6.42 Å². The maximum Gasteiger partial charge on any atom is 0.317 e. The van der Waals surface area contributed by atoms with E-state index in [2.05, 4.69) is 5.32 Å². The fourth-order valence-corrected chi connectivity index (χ4v) is 1.69. The highest BCUT2D eigenvalue weighted by Crippen LogP contribution is 2.03. The van der Waals surface area contributed by atoms with E-state index < -0.39 is 5.97 Å². The molecule has 104 valence electrons. The van der Waals surface area contributed by atoms with Gasteiger partial charge in [-0.25, -0.2) is 4.79 Å². The third kappa shape index (κ3) is 5.42. The van der Waals surface area contributed by atoms with Crippen LogP contribution in [0.3, 0.4) is 0 Å². The summed E-state index contributed by atoms with van der Waals surface area (Å²) in [5.74, 6) is -0.901. The zero-order valence-electron chi connectivity index (χ0n) is 11.3. The van der Waals surface area contributed by atoms with Crippen molar-refractivity contribution in [1.82, 2.24) is 10.2 Å². The molecule has 19 heavy (non-hydrogen) atoms. The molecular weight excluding hydrogens is 244 g/mol. The Hall–Kier alpha value is -2.04. The molecule has 0 aromatic heterocycles. The van der Waals surface area contributed by atoms with Gasteiger partial charge < -0.3 is 15.3 Å². The van der Waals surface area contributed by atoms with Crippen molar-refractivity contribution < 1.29 is 14.7 Å². The molecule has 1 rings (SSSR count). The molecule has 0 aliphatic heterocycles. The minimum absolute atomic E-state index is 0.0323. The van der Waals surface area contributed by atoms with Crippen LogP contribution in [-0.2, 0) is 11.3 Å². The quantitative estimate of drug-likeness (QED) is 0.826. The average Bonchev–Trinajstić information content (AvgIpc) is 2.37. The molecule has 0 spiro atoms. The molecule has 5 heteroatoms. The van der Waals surface area contributed by atoms with Gasteiger partial charge in [-0.05, 0) is 19.4 Å². The highest BCUT2D eigenvalue weighted by Gasteiger charge is 2.17. The lowest BCUT2D eigenvalue weighted by Gasteiger charge is -2.26. The SMILES string of the molecule is CC(C)N(CCC(=O)O)C(=O)NCc1ccccc1. The lowest BCUT2D eigenvalue weighted by atomic mass is 10.2. The van der Waals surface area contributed by atoms with Gasteiger partial charge in [-0.15, -0.1) is 0 Å². The molecule has 1 aromatic carbocycles. The summed E-state index contributed by atoms with van der Waals surface area (Å²) in [6, 6.07) is 9.32. The smallest absolute Gasteiger partial charge is 0.317 e. The number of hydrogen-bond acceptors (Lipinski definition) is 2. The Bertz CT molecular complexity index is 418. The van der Waals surface area contributed by atoms with Crippen LogP contribution < -0.4 is 5.32 Å². The molecule has 0 aliphatic rings. The van der Waals surface area contributed by atoms with E-state index in [4.69, 9.17) is 5.11 Å². The van der Waals surface area contributed by atoms with Crippen molar-refractivity contribution in [2.45, 2.75) is 32.9 Å². The van der Waals surface area contributed by atoms with Gasteiger partial charge in [0.2, 0.25) is 0 Å². The van der Waals surface area contributed by atoms with Gasteiger partial charge in [-0.2, -0.15) is 0 Å². The van der Waals surface area contributed by atoms with Gasteiger partial charge in [0.25, 0.3) is 0 Å². The third-order valence-corrected chi connectivity index (χ3v) is 2.74. The second-order valence-electron chi connectivity index (χ2n) is 4.58. The van der Waals surface area contributed by atoms with Crippen molar-refractivity contribution in [3.8, 4) is 0 Å². The van der Waals surface area contributed by atoms with Gasteiger partial charge in [0.1, 0.15) is 0 Å². The number of carboxylic acid groups (broad SMARTS) is 1. The van der Waals surface area contributed by atoms with Crippen molar-refractivity contribution >= 4 is 12.0 Å². The number of carbonyl (C=O) groups is 2. The summed E-state index contributed by atoms with van der Waals surface area (Å²) < 4.78 is 0. The maximum atomic E-state index is 12.0.